The molecule has 12 aromatic rings. The minimum Gasteiger partial charge on any atom is -0.334 e. The Kier molecular flexibility index (Phi) is 34.3. The Morgan fingerprint density at radius 2 is 0.822 bits per heavy atom. The lowest BCUT2D eigenvalue weighted by atomic mass is 9.98. The smallest absolute Gasteiger partial charge is 0.260 e. The molecule has 0 aliphatic rings. The molecule has 0 saturated carbocycles. The standard InChI is InChI=1S/C14H17FN2.2C13H15FN2.C13H16N2O.C12H13FN2O.C12H15N3.5CH4/c1-9(2)11-5-6-12(14(15)7-11)13-8-16-17(4)10(13)3;1-9(2)10-4-5-12(13(14)6-10)11-7-15-16(3)8-11;1-9(2)10-4-5-11(12(14)6-10)13-7-15-8-16(13)3;1-8(2)11-5-6-12(9(3)7-11)13-14-10(4)15-16-13;1-7(2)9-4-5-10(11(13)6-9)12-14-8(3)15-16-12;1-9(2)11-4-5-12(10(3)8-11)15-7-6-13-14-15;;;;;/h5-9H,1-4H3;2*4-9H,1-3H3;5-8H,1-4H3;4-7H,1-3H3;4-9H,1-3H3;5*1H4. The van der Waals surface area contributed by atoms with Gasteiger partial charge in [0, 0.05) is 66.4 Å². The highest BCUT2D eigenvalue weighted by Crippen LogP contribution is 2.32. The van der Waals surface area contributed by atoms with Gasteiger partial charge >= 0.3 is 0 Å². The van der Waals surface area contributed by atoms with Gasteiger partial charge in [0.2, 0.25) is 0 Å². The number of hydrogen-bond donors (Lipinski definition) is 0. The summed E-state index contributed by atoms with van der Waals surface area (Å²) in [6.07, 6.45) is 12.1. The molecule has 0 atom stereocenters. The molecule has 544 valence electrons. The lowest BCUT2D eigenvalue weighted by molar-refractivity contribution is 0.423. The van der Waals surface area contributed by atoms with Crippen molar-refractivity contribution in [3.8, 4) is 62.1 Å². The van der Waals surface area contributed by atoms with Crippen LogP contribution in [0, 0.1) is 57.9 Å². The largest absolute Gasteiger partial charge is 0.334 e. The Balaban J connectivity index is 0.000000408. The number of aryl methyl sites for hydroxylation is 7. The van der Waals surface area contributed by atoms with Crippen LogP contribution in [0.15, 0.2) is 162 Å². The van der Waals surface area contributed by atoms with E-state index in [2.05, 4.69) is 165 Å². The van der Waals surface area contributed by atoms with Gasteiger partial charge in [0.15, 0.2) is 11.6 Å². The van der Waals surface area contributed by atoms with E-state index in [1.165, 1.54) is 28.3 Å². The van der Waals surface area contributed by atoms with Gasteiger partial charge in [-0.05, 0) is 163 Å². The zero-order valence-electron chi connectivity index (χ0n) is 59.0. The minimum absolute atomic E-state index is 0. The second-order valence-corrected chi connectivity index (χ2v) is 25.7. The van der Waals surface area contributed by atoms with Crippen LogP contribution < -0.4 is 0 Å². The molecule has 19 heteroatoms. The van der Waals surface area contributed by atoms with E-state index >= 15 is 0 Å². The molecule has 0 amide bonds. The third kappa shape index (κ3) is 23.3. The quantitative estimate of drug-likeness (QED) is 0.107. The predicted molar refractivity (Wildman–Crippen MR) is 408 cm³/mol. The molecular weight excluding hydrogens is 1270 g/mol. The minimum atomic E-state index is -0.324. The lowest BCUT2D eigenvalue weighted by Gasteiger charge is -2.10. The van der Waals surface area contributed by atoms with Crippen LogP contribution in [-0.4, -0.2) is 64.4 Å². The fourth-order valence-corrected chi connectivity index (χ4v) is 10.1. The Bertz CT molecular complexity index is 4230. The number of aromatic nitrogens is 13. The monoisotopic (exact) mass is 1390 g/mol. The molecule has 0 radical (unpaired) electrons. The molecule has 0 aliphatic carbocycles. The summed E-state index contributed by atoms with van der Waals surface area (Å²) >= 11 is 0. The van der Waals surface area contributed by atoms with E-state index < -0.39 is 0 Å². The zero-order chi connectivity index (χ0) is 70.2. The van der Waals surface area contributed by atoms with Crippen LogP contribution in [-0.2, 0) is 21.1 Å². The zero-order valence-corrected chi connectivity index (χ0v) is 59.0. The van der Waals surface area contributed by atoms with E-state index in [4.69, 9.17) is 9.05 Å². The van der Waals surface area contributed by atoms with Crippen LogP contribution in [0.2, 0.25) is 0 Å². The van der Waals surface area contributed by atoms with Crippen LogP contribution in [0.1, 0.15) is 218 Å². The van der Waals surface area contributed by atoms with Crippen molar-refractivity contribution in [2.45, 2.75) is 190 Å². The Hall–Kier alpha value is -9.91. The highest BCUT2D eigenvalue weighted by molar-refractivity contribution is 5.67. The summed E-state index contributed by atoms with van der Waals surface area (Å²) in [6, 6.07) is 34.1. The second-order valence-electron chi connectivity index (χ2n) is 25.7. The highest BCUT2D eigenvalue weighted by atomic mass is 19.1. The van der Waals surface area contributed by atoms with Gasteiger partial charge in [-0.2, -0.15) is 20.2 Å². The molecule has 0 aliphatic heterocycles. The van der Waals surface area contributed by atoms with Crippen molar-refractivity contribution in [1.82, 2.24) is 64.4 Å². The van der Waals surface area contributed by atoms with E-state index in [1.807, 2.05) is 108 Å². The van der Waals surface area contributed by atoms with Gasteiger partial charge in [0.1, 0.15) is 23.3 Å². The molecule has 101 heavy (non-hydrogen) atoms. The number of imidazole rings is 1. The van der Waals surface area contributed by atoms with Crippen LogP contribution in [0.25, 0.3) is 62.1 Å². The van der Waals surface area contributed by atoms with Crippen molar-refractivity contribution >= 4 is 0 Å². The summed E-state index contributed by atoms with van der Waals surface area (Å²) in [5.41, 5.74) is 16.9. The molecule has 0 fully saturated rings. The van der Waals surface area contributed by atoms with Crippen molar-refractivity contribution < 1.29 is 26.6 Å². The Morgan fingerprint density at radius 3 is 1.17 bits per heavy atom. The summed E-state index contributed by atoms with van der Waals surface area (Å²) in [4.78, 5) is 12.2. The number of benzene rings is 6. The van der Waals surface area contributed by atoms with Gasteiger partial charge in [-0.1, -0.05) is 196 Å². The predicted octanol–water partition coefficient (Wildman–Crippen LogP) is 23.0. The van der Waals surface area contributed by atoms with Gasteiger partial charge in [-0.15, -0.1) is 5.10 Å². The Morgan fingerprint density at radius 1 is 0.416 bits per heavy atom. The van der Waals surface area contributed by atoms with Crippen molar-refractivity contribution in [1.29, 1.82) is 0 Å². The van der Waals surface area contributed by atoms with Gasteiger partial charge < -0.3 is 13.6 Å². The van der Waals surface area contributed by atoms with Crippen LogP contribution in [0.4, 0.5) is 17.6 Å². The van der Waals surface area contributed by atoms with Crippen molar-refractivity contribution in [2.75, 3.05) is 0 Å². The summed E-state index contributed by atoms with van der Waals surface area (Å²) < 4.78 is 72.7. The van der Waals surface area contributed by atoms with Gasteiger partial charge in [-0.25, -0.2) is 27.2 Å². The normalized spacial score (nSPS) is 10.5. The molecule has 6 aromatic heterocycles. The van der Waals surface area contributed by atoms with E-state index in [0.717, 1.165) is 56.0 Å². The van der Waals surface area contributed by atoms with E-state index in [9.17, 15) is 17.6 Å². The third-order valence-corrected chi connectivity index (χ3v) is 16.3. The molecule has 6 heterocycles. The van der Waals surface area contributed by atoms with Crippen LogP contribution in [0.5, 0.6) is 0 Å². The molecule has 6 aromatic carbocycles. The van der Waals surface area contributed by atoms with Crippen molar-refractivity contribution in [3.05, 3.63) is 238 Å². The Labute approximate surface area is 599 Å². The van der Waals surface area contributed by atoms with Crippen LogP contribution >= 0.6 is 0 Å². The van der Waals surface area contributed by atoms with E-state index in [-0.39, 0.29) is 66.3 Å². The molecule has 0 bridgehead atoms. The molecule has 0 spiro atoms. The summed E-state index contributed by atoms with van der Waals surface area (Å²) in [5.74, 6) is 3.57. The number of rotatable bonds is 12. The number of nitrogens with zero attached hydrogens (tertiary/aromatic N) is 13. The third-order valence-electron chi connectivity index (χ3n) is 16.3. The topological polar surface area (TPSA) is 162 Å². The maximum atomic E-state index is 14.0. The van der Waals surface area contributed by atoms with Gasteiger partial charge in [0.25, 0.3) is 11.8 Å². The first kappa shape index (κ1) is 87.2. The van der Waals surface area contributed by atoms with Crippen molar-refractivity contribution in [2.24, 2.45) is 21.1 Å². The fraction of sp³-hybridized carbons (Fsp3) is 0.378. The maximum Gasteiger partial charge on any atom is 0.260 e. The molecule has 12 rings (SSSR count). The molecule has 0 saturated heterocycles. The summed E-state index contributed by atoms with van der Waals surface area (Å²) in [7, 11) is 5.54. The van der Waals surface area contributed by atoms with E-state index in [0.29, 0.717) is 75.3 Å². The highest BCUT2D eigenvalue weighted by Gasteiger charge is 2.17. The van der Waals surface area contributed by atoms with Crippen molar-refractivity contribution in [3.63, 3.8) is 0 Å². The SMILES string of the molecule is C.C.C.C.C.CC(C)c1ccc(-c2cncn2C)c(F)c1.CC(C)c1ccc(-c2cnn(C)c2)c(F)c1.Cc1c(-c2ccc(C(C)C)cc2F)cnn1C.Cc1cc(C(C)C)ccc1-n1ccnn1.Cc1noc(-c2ccc(C(C)C)cc2C)n1.Cc1noc(-c2ccc(C(C)C)cc2F)n1. The summed E-state index contributed by atoms with van der Waals surface area (Å²) in [5, 5.41) is 23.4. The molecule has 0 unspecified atom stereocenters. The first-order valence-corrected chi connectivity index (χ1v) is 32.3. The van der Waals surface area contributed by atoms with Crippen LogP contribution in [0.3, 0.4) is 0 Å². The fourth-order valence-electron chi connectivity index (χ4n) is 10.1. The molecule has 0 N–H and O–H groups in total. The van der Waals surface area contributed by atoms with E-state index in [1.54, 1.807) is 76.3 Å². The number of halogens is 4. The summed E-state index contributed by atoms with van der Waals surface area (Å²) in [6.45, 7) is 34.8. The lowest BCUT2D eigenvalue weighted by Crippen LogP contribution is -1.99. The first-order chi connectivity index (χ1) is 45.5. The number of hydrogen-bond acceptors (Lipinski definition) is 11. The maximum absolute atomic E-state index is 14.0. The molecule has 15 nitrogen and oxygen atoms in total. The van der Waals surface area contributed by atoms with Gasteiger partial charge in [-0.3, -0.25) is 9.36 Å². The molecular formula is C82H111F4N13O2. The average Bonchev–Trinajstić information content (AvgIpc) is 1.75. The first-order valence-electron chi connectivity index (χ1n) is 32.3. The second kappa shape index (κ2) is 39.8. The van der Waals surface area contributed by atoms with Gasteiger partial charge in [0.05, 0.1) is 54.3 Å². The average molecular weight is 1390 g/mol.